The number of nitrogens with zero attached hydrogens (tertiary/aromatic N) is 2. The first-order valence-corrected chi connectivity index (χ1v) is 5.52. The van der Waals surface area contributed by atoms with Crippen LogP contribution in [-0.2, 0) is 4.79 Å². The van der Waals surface area contributed by atoms with Gasteiger partial charge in [0.1, 0.15) is 17.7 Å². The number of carbonyl (C=O) groups excluding carboxylic acids is 1. The van der Waals surface area contributed by atoms with Crippen LogP contribution in [0.3, 0.4) is 0 Å². The van der Waals surface area contributed by atoms with Gasteiger partial charge in [-0.15, -0.1) is 0 Å². The highest BCUT2D eigenvalue weighted by molar-refractivity contribution is 5.84. The van der Waals surface area contributed by atoms with Crippen LogP contribution in [0.25, 0.3) is 0 Å². The van der Waals surface area contributed by atoms with Crippen LogP contribution in [0, 0.1) is 13.8 Å². The molecule has 0 aromatic carbocycles. The van der Waals surface area contributed by atoms with E-state index in [1.54, 1.807) is 0 Å². The van der Waals surface area contributed by atoms with E-state index in [1.165, 1.54) is 0 Å². The zero-order valence-corrected chi connectivity index (χ0v) is 9.58. The standard InChI is InChI=1S/C11H16N4O/c1-7-6-10(14-8(2)13-7)15-9-4-3-5-12-11(9)16/h6,9H,3-5H2,1-2H3,(H,12,16)(H,13,14,15). The molecule has 1 fully saturated rings. The first kappa shape index (κ1) is 10.9. The van der Waals surface area contributed by atoms with Gasteiger partial charge in [-0.2, -0.15) is 0 Å². The Hall–Kier alpha value is -1.65. The van der Waals surface area contributed by atoms with Crippen LogP contribution >= 0.6 is 0 Å². The first-order valence-electron chi connectivity index (χ1n) is 5.52. The second kappa shape index (κ2) is 4.47. The zero-order chi connectivity index (χ0) is 11.5. The van der Waals surface area contributed by atoms with E-state index < -0.39 is 0 Å². The zero-order valence-electron chi connectivity index (χ0n) is 9.58. The van der Waals surface area contributed by atoms with Crippen LogP contribution in [0.1, 0.15) is 24.4 Å². The van der Waals surface area contributed by atoms with Gasteiger partial charge in [0, 0.05) is 18.3 Å². The fourth-order valence-corrected chi connectivity index (χ4v) is 1.88. The molecule has 1 aliphatic rings. The van der Waals surface area contributed by atoms with Gasteiger partial charge in [0.15, 0.2) is 0 Å². The molecular formula is C11H16N4O. The van der Waals surface area contributed by atoms with Crippen molar-refractivity contribution in [2.45, 2.75) is 32.7 Å². The summed E-state index contributed by atoms with van der Waals surface area (Å²) in [6.07, 6.45) is 1.86. The highest BCUT2D eigenvalue weighted by Gasteiger charge is 2.21. The maximum absolute atomic E-state index is 11.6. The fourth-order valence-electron chi connectivity index (χ4n) is 1.88. The molecule has 1 unspecified atom stereocenters. The molecule has 2 N–H and O–H groups in total. The van der Waals surface area contributed by atoms with Crippen molar-refractivity contribution >= 4 is 11.7 Å². The third-order valence-corrected chi connectivity index (χ3v) is 2.57. The van der Waals surface area contributed by atoms with Gasteiger partial charge >= 0.3 is 0 Å². The molecule has 2 rings (SSSR count). The van der Waals surface area contributed by atoms with Crippen LogP contribution in [0.15, 0.2) is 6.07 Å². The number of nitrogens with one attached hydrogen (secondary N) is 2. The molecule has 1 atom stereocenters. The number of aryl methyl sites for hydroxylation is 2. The van der Waals surface area contributed by atoms with E-state index in [9.17, 15) is 4.79 Å². The lowest BCUT2D eigenvalue weighted by Gasteiger charge is -2.23. The monoisotopic (exact) mass is 220 g/mol. The van der Waals surface area contributed by atoms with Crippen LogP contribution < -0.4 is 10.6 Å². The van der Waals surface area contributed by atoms with Crippen molar-refractivity contribution in [3.63, 3.8) is 0 Å². The Morgan fingerprint density at radius 1 is 1.44 bits per heavy atom. The van der Waals surface area contributed by atoms with Crippen molar-refractivity contribution in [1.82, 2.24) is 15.3 Å². The number of amides is 1. The van der Waals surface area contributed by atoms with E-state index in [4.69, 9.17) is 0 Å². The minimum Gasteiger partial charge on any atom is -0.358 e. The third kappa shape index (κ3) is 2.48. The van der Waals surface area contributed by atoms with Gasteiger partial charge in [-0.05, 0) is 26.7 Å². The highest BCUT2D eigenvalue weighted by Crippen LogP contribution is 2.12. The summed E-state index contributed by atoms with van der Waals surface area (Å²) < 4.78 is 0. The number of piperidine rings is 1. The molecule has 1 aromatic rings. The molecule has 0 saturated carbocycles. The van der Waals surface area contributed by atoms with E-state index in [2.05, 4.69) is 20.6 Å². The van der Waals surface area contributed by atoms with Gasteiger partial charge in [0.2, 0.25) is 5.91 Å². The van der Waals surface area contributed by atoms with Gasteiger partial charge in [-0.25, -0.2) is 9.97 Å². The van der Waals surface area contributed by atoms with Crippen molar-refractivity contribution in [3.05, 3.63) is 17.6 Å². The van der Waals surface area contributed by atoms with E-state index >= 15 is 0 Å². The summed E-state index contributed by atoms with van der Waals surface area (Å²) in [5.74, 6) is 1.51. The molecule has 1 saturated heterocycles. The smallest absolute Gasteiger partial charge is 0.242 e. The predicted molar refractivity (Wildman–Crippen MR) is 61.2 cm³/mol. The van der Waals surface area contributed by atoms with Gasteiger partial charge in [0.25, 0.3) is 0 Å². The van der Waals surface area contributed by atoms with Crippen LogP contribution in [0.4, 0.5) is 5.82 Å². The Balaban J connectivity index is 2.10. The summed E-state index contributed by atoms with van der Waals surface area (Å²) in [5, 5.41) is 5.99. The summed E-state index contributed by atoms with van der Waals surface area (Å²) in [7, 11) is 0. The molecule has 16 heavy (non-hydrogen) atoms. The molecule has 0 aliphatic carbocycles. The number of carbonyl (C=O) groups is 1. The first-order chi connectivity index (χ1) is 7.65. The number of hydrogen-bond acceptors (Lipinski definition) is 4. The highest BCUT2D eigenvalue weighted by atomic mass is 16.2. The molecule has 0 radical (unpaired) electrons. The molecule has 5 heteroatoms. The SMILES string of the molecule is Cc1cc(NC2CCCNC2=O)nc(C)n1. The Bertz CT molecular complexity index is 385. The summed E-state index contributed by atoms with van der Waals surface area (Å²) in [4.78, 5) is 20.0. The molecule has 5 nitrogen and oxygen atoms in total. The van der Waals surface area contributed by atoms with Crippen LogP contribution in [0.2, 0.25) is 0 Å². The van der Waals surface area contributed by atoms with Crippen LogP contribution in [-0.4, -0.2) is 28.5 Å². The van der Waals surface area contributed by atoms with Gasteiger partial charge < -0.3 is 10.6 Å². The lowest BCUT2D eigenvalue weighted by atomic mass is 10.1. The topological polar surface area (TPSA) is 66.9 Å². The number of hydrogen-bond donors (Lipinski definition) is 2. The molecule has 1 aliphatic heterocycles. The van der Waals surface area contributed by atoms with Gasteiger partial charge in [0.05, 0.1) is 0 Å². The quantitative estimate of drug-likeness (QED) is 0.773. The molecule has 2 heterocycles. The molecular weight excluding hydrogens is 204 g/mol. The van der Waals surface area contributed by atoms with Gasteiger partial charge in [-0.1, -0.05) is 0 Å². The average Bonchev–Trinajstić information content (AvgIpc) is 2.20. The second-order valence-corrected chi connectivity index (χ2v) is 4.07. The summed E-state index contributed by atoms with van der Waals surface area (Å²) in [6.45, 7) is 4.54. The van der Waals surface area contributed by atoms with Crippen LogP contribution in [0.5, 0.6) is 0 Å². The molecule has 0 spiro atoms. The Kier molecular flexibility index (Phi) is 3.03. The van der Waals surface area contributed by atoms with E-state index in [0.717, 1.165) is 36.7 Å². The molecule has 1 aromatic heterocycles. The number of aromatic nitrogens is 2. The lowest BCUT2D eigenvalue weighted by molar-refractivity contribution is -0.123. The maximum atomic E-state index is 11.6. The van der Waals surface area contributed by atoms with Gasteiger partial charge in [-0.3, -0.25) is 4.79 Å². The largest absolute Gasteiger partial charge is 0.358 e. The summed E-state index contributed by atoms with van der Waals surface area (Å²) >= 11 is 0. The second-order valence-electron chi connectivity index (χ2n) is 4.07. The molecule has 86 valence electrons. The van der Waals surface area contributed by atoms with Crippen molar-refractivity contribution in [2.24, 2.45) is 0 Å². The predicted octanol–water partition coefficient (Wildman–Crippen LogP) is 0.784. The fraction of sp³-hybridized carbons (Fsp3) is 0.545. The molecule has 0 bridgehead atoms. The lowest BCUT2D eigenvalue weighted by Crippen LogP contribution is -2.44. The number of anilines is 1. The molecule has 1 amide bonds. The Morgan fingerprint density at radius 2 is 2.25 bits per heavy atom. The summed E-state index contributed by atoms with van der Waals surface area (Å²) in [5.41, 5.74) is 0.909. The normalized spacial score (nSPS) is 20.4. The van der Waals surface area contributed by atoms with E-state index in [1.807, 2.05) is 19.9 Å². The number of rotatable bonds is 2. The minimum atomic E-state index is -0.164. The van der Waals surface area contributed by atoms with Crippen molar-refractivity contribution < 1.29 is 4.79 Å². The van der Waals surface area contributed by atoms with Crippen molar-refractivity contribution in [3.8, 4) is 0 Å². The Morgan fingerprint density at radius 3 is 2.94 bits per heavy atom. The minimum absolute atomic E-state index is 0.0557. The van der Waals surface area contributed by atoms with Crippen molar-refractivity contribution in [2.75, 3.05) is 11.9 Å². The van der Waals surface area contributed by atoms with E-state index in [-0.39, 0.29) is 11.9 Å². The van der Waals surface area contributed by atoms with E-state index in [0.29, 0.717) is 0 Å². The third-order valence-electron chi connectivity index (χ3n) is 2.57. The average molecular weight is 220 g/mol. The van der Waals surface area contributed by atoms with Crippen molar-refractivity contribution in [1.29, 1.82) is 0 Å². The summed E-state index contributed by atoms with van der Waals surface area (Å²) in [6, 6.07) is 1.69. The Labute approximate surface area is 94.7 Å². The maximum Gasteiger partial charge on any atom is 0.242 e.